The Morgan fingerprint density at radius 3 is 2.15 bits per heavy atom. The van der Waals surface area contributed by atoms with Crippen LogP contribution >= 0.6 is 11.3 Å². The van der Waals surface area contributed by atoms with E-state index < -0.39 is 59.7 Å². The number of ether oxygens (including phenoxy) is 3. The molecule has 3 aromatic carbocycles. The summed E-state index contributed by atoms with van der Waals surface area (Å²) in [6.45, 7) is 11.9. The lowest BCUT2D eigenvalue weighted by atomic mass is 9.91. The smallest absolute Gasteiger partial charge is 0.333 e. The van der Waals surface area contributed by atoms with E-state index in [0.29, 0.717) is 27.4 Å². The lowest BCUT2D eigenvalue weighted by Crippen LogP contribution is -2.66. The second kappa shape index (κ2) is 18.8. The van der Waals surface area contributed by atoms with E-state index in [1.807, 2.05) is 81.4 Å². The maximum absolute atomic E-state index is 15.2. The number of ketones is 1. The number of carbonyl (C=O) groups excluding carboxylic acids is 2. The van der Waals surface area contributed by atoms with Gasteiger partial charge in [-0.3, -0.25) is 19.0 Å². The van der Waals surface area contributed by atoms with Crippen molar-refractivity contribution in [3.05, 3.63) is 129 Å². The number of unbranched alkanes of at least 4 members (excludes halogenated alkanes) is 1. The third-order valence-corrected chi connectivity index (χ3v) is 17.3. The lowest BCUT2D eigenvalue weighted by Gasteiger charge is -2.42. The van der Waals surface area contributed by atoms with Gasteiger partial charge in [-0.15, -0.1) is 4.80 Å². The minimum absolute atomic E-state index is 0.152. The van der Waals surface area contributed by atoms with Crippen LogP contribution in [0.3, 0.4) is 0 Å². The number of hydrogen-bond donors (Lipinski definition) is 1. The highest BCUT2D eigenvalue weighted by Crippen LogP contribution is 2.41. The number of aryl methyl sites for hydroxylation is 1. The molecule has 3 aromatic heterocycles. The minimum Gasteiger partial charge on any atom is -0.496 e. The Kier molecular flexibility index (Phi) is 14.0. The van der Waals surface area contributed by atoms with Crippen LogP contribution in [0.25, 0.3) is 15.2 Å². The fraction of sp³-hybridized carbons (Fsp3) is 0.391. The molecule has 0 amide bonds. The first-order valence-corrected chi connectivity index (χ1v) is 23.4. The lowest BCUT2D eigenvalue weighted by molar-refractivity contribution is -0.151. The standard InChI is InChI=1S/C46H54FN5O8SSi/c1-9-10-25-59-43(55)30(2)29-60-37(35-26-32(47)21-22-36(35)58-8)28-50-42-39(31(3)41(61-42)52-48-23-24-49-52)40(54)51(44(50)56)46(6,7)38(53)27-45(4,5)62(57,33-17-13-11-14-18-33)34-19-15-12-16-20-34/h11-24,26,30,37,57H,9-10,25,27-29H2,1-8H3/t30?,37-/m0/s1. The number of fused-ring (bicyclic) bond motifs is 1. The Bertz CT molecular complexity index is 2610. The van der Waals surface area contributed by atoms with Gasteiger partial charge in [0, 0.05) is 17.5 Å². The van der Waals surface area contributed by atoms with Crippen molar-refractivity contribution in [1.82, 2.24) is 24.1 Å². The summed E-state index contributed by atoms with van der Waals surface area (Å²) < 4.78 is 34.9. The molecule has 0 saturated carbocycles. The Balaban J connectivity index is 1.50. The number of carbonyl (C=O) groups is 2. The molecule has 1 N–H and O–H groups in total. The Hall–Kier alpha value is -5.55. The van der Waals surface area contributed by atoms with E-state index in [0.717, 1.165) is 22.3 Å². The fourth-order valence-electron chi connectivity index (χ4n) is 7.83. The van der Waals surface area contributed by atoms with Crippen molar-refractivity contribution < 1.29 is 33.0 Å². The zero-order chi connectivity index (χ0) is 45.0. The van der Waals surface area contributed by atoms with Gasteiger partial charge in [0.2, 0.25) is 0 Å². The van der Waals surface area contributed by atoms with Crippen molar-refractivity contribution in [2.75, 3.05) is 20.3 Å². The van der Waals surface area contributed by atoms with Gasteiger partial charge in [-0.25, -0.2) is 13.8 Å². The predicted molar refractivity (Wildman–Crippen MR) is 240 cm³/mol. The molecule has 13 nitrogen and oxygen atoms in total. The third-order valence-electron chi connectivity index (χ3n) is 11.6. The second-order valence-corrected chi connectivity index (χ2v) is 21.6. The van der Waals surface area contributed by atoms with Gasteiger partial charge < -0.3 is 19.0 Å². The topological polar surface area (TPSA) is 157 Å². The minimum atomic E-state index is -3.70. The van der Waals surface area contributed by atoms with Gasteiger partial charge in [0.05, 0.1) is 50.6 Å². The first-order chi connectivity index (χ1) is 29.5. The molecule has 62 heavy (non-hydrogen) atoms. The van der Waals surface area contributed by atoms with Gasteiger partial charge in [0.1, 0.15) is 33.0 Å². The van der Waals surface area contributed by atoms with E-state index in [-0.39, 0.29) is 47.7 Å². The number of methoxy groups -OCH3 is 1. The van der Waals surface area contributed by atoms with E-state index >= 15 is 9.18 Å². The zero-order valence-electron chi connectivity index (χ0n) is 36.4. The van der Waals surface area contributed by atoms with Crippen LogP contribution in [0.2, 0.25) is 5.04 Å². The van der Waals surface area contributed by atoms with Gasteiger partial charge in [0.15, 0.2) is 5.78 Å². The van der Waals surface area contributed by atoms with Crippen molar-refractivity contribution in [2.45, 2.75) is 91.0 Å². The van der Waals surface area contributed by atoms with Crippen LogP contribution < -0.4 is 26.4 Å². The Morgan fingerprint density at radius 1 is 0.952 bits per heavy atom. The fourth-order valence-corrected chi connectivity index (χ4v) is 12.7. The number of Topliss-reactive ketones (excluding diaryl/α,β-unsaturated/α-hetero) is 1. The van der Waals surface area contributed by atoms with E-state index in [2.05, 4.69) is 10.2 Å². The third kappa shape index (κ3) is 8.87. The molecule has 0 aliphatic rings. The highest BCUT2D eigenvalue weighted by Gasteiger charge is 2.52. The van der Waals surface area contributed by atoms with Crippen LogP contribution in [0.15, 0.2) is 101 Å². The van der Waals surface area contributed by atoms with Crippen LogP contribution in [0.1, 0.15) is 78.0 Å². The summed E-state index contributed by atoms with van der Waals surface area (Å²) in [6, 6.07) is 22.5. The molecular weight excluding hydrogens is 830 g/mol. The molecule has 328 valence electrons. The first kappa shape index (κ1) is 46.0. The Morgan fingerprint density at radius 2 is 1.56 bits per heavy atom. The summed E-state index contributed by atoms with van der Waals surface area (Å²) in [7, 11) is -2.27. The number of esters is 1. The highest BCUT2D eigenvalue weighted by atomic mass is 32.1. The molecule has 1 unspecified atom stereocenters. The summed E-state index contributed by atoms with van der Waals surface area (Å²) in [5, 5.41) is 9.56. The molecule has 0 aliphatic heterocycles. The molecule has 0 radical (unpaired) electrons. The van der Waals surface area contributed by atoms with Crippen molar-refractivity contribution in [2.24, 2.45) is 5.92 Å². The van der Waals surface area contributed by atoms with E-state index in [9.17, 15) is 19.2 Å². The SMILES string of the molecule is CCCCOC(=O)C(C)CO[C@@H](Cn1c(=O)n(C(C)(C)C(=O)CC(C)(C)[Si](O)(c2ccccc2)c2ccccc2)c(=O)c2c(C)c(-n3nccn3)sc21)c1cc(F)ccc1OC. The van der Waals surface area contributed by atoms with Gasteiger partial charge in [-0.2, -0.15) is 10.2 Å². The highest BCUT2D eigenvalue weighted by molar-refractivity contribution is 7.21. The van der Waals surface area contributed by atoms with Crippen molar-refractivity contribution in [1.29, 1.82) is 0 Å². The summed E-state index contributed by atoms with van der Waals surface area (Å²) in [6.07, 6.45) is 3.22. The van der Waals surface area contributed by atoms with E-state index in [1.54, 1.807) is 13.8 Å². The average Bonchev–Trinajstić information content (AvgIpc) is 3.91. The normalized spacial score (nSPS) is 13.3. The molecule has 16 heteroatoms. The van der Waals surface area contributed by atoms with Crippen LogP contribution in [-0.2, 0) is 31.1 Å². The van der Waals surface area contributed by atoms with Gasteiger partial charge in [-0.1, -0.05) is 99.2 Å². The van der Waals surface area contributed by atoms with Gasteiger partial charge in [0.25, 0.3) is 13.9 Å². The maximum Gasteiger partial charge on any atom is 0.333 e. The molecule has 0 spiro atoms. The van der Waals surface area contributed by atoms with E-state index in [1.165, 1.54) is 60.9 Å². The number of rotatable bonds is 19. The van der Waals surface area contributed by atoms with Crippen LogP contribution in [0.4, 0.5) is 4.39 Å². The number of thiophene rings is 1. The first-order valence-electron chi connectivity index (χ1n) is 20.6. The quantitative estimate of drug-likeness (QED) is 0.0563. The molecule has 0 saturated heterocycles. The summed E-state index contributed by atoms with van der Waals surface area (Å²) in [5.74, 6) is -1.98. The molecule has 3 heterocycles. The van der Waals surface area contributed by atoms with Gasteiger partial charge >= 0.3 is 11.7 Å². The second-order valence-electron chi connectivity index (χ2n) is 16.7. The van der Waals surface area contributed by atoms with Gasteiger partial charge in [-0.05, 0) is 67.7 Å². The number of hydrogen-bond acceptors (Lipinski definition) is 11. The van der Waals surface area contributed by atoms with Crippen LogP contribution in [0.5, 0.6) is 5.75 Å². The summed E-state index contributed by atoms with van der Waals surface area (Å²) in [5.41, 5.74) is -2.56. The molecule has 0 aliphatic carbocycles. The molecule has 0 fully saturated rings. The van der Waals surface area contributed by atoms with Crippen molar-refractivity contribution in [3.8, 4) is 10.8 Å². The monoisotopic (exact) mass is 883 g/mol. The van der Waals surface area contributed by atoms with Crippen molar-refractivity contribution in [3.63, 3.8) is 0 Å². The zero-order valence-corrected chi connectivity index (χ0v) is 38.2. The molecule has 2 atom stereocenters. The average molecular weight is 884 g/mol. The Labute approximate surface area is 364 Å². The van der Waals surface area contributed by atoms with E-state index in [4.69, 9.17) is 14.2 Å². The predicted octanol–water partition coefficient (Wildman–Crippen LogP) is 6.23. The number of benzene rings is 3. The van der Waals surface area contributed by atoms with Crippen molar-refractivity contribution >= 4 is 52.0 Å². The largest absolute Gasteiger partial charge is 0.496 e. The molecule has 0 bridgehead atoms. The molecule has 6 aromatic rings. The summed E-state index contributed by atoms with van der Waals surface area (Å²) in [4.78, 5) is 72.5. The van der Waals surface area contributed by atoms with Crippen LogP contribution in [-0.4, -0.2) is 69.3 Å². The summed E-state index contributed by atoms with van der Waals surface area (Å²) >= 11 is 1.10. The van der Waals surface area contributed by atoms with Crippen LogP contribution in [0, 0.1) is 18.7 Å². The number of aromatic nitrogens is 5. The molecule has 6 rings (SSSR count). The number of nitrogens with zero attached hydrogens (tertiary/aromatic N) is 5. The molecular formula is C46H54FN5O8SSi. The number of halogens is 1. The maximum atomic E-state index is 15.2.